The number of ether oxygens (including phenoxy) is 4. The second kappa shape index (κ2) is 19.8. The Morgan fingerprint density at radius 1 is 0.812 bits per heavy atom. The summed E-state index contributed by atoms with van der Waals surface area (Å²) in [4.78, 5) is 39.0. The van der Waals surface area contributed by atoms with Gasteiger partial charge >= 0.3 is 11.7 Å². The van der Waals surface area contributed by atoms with Crippen molar-refractivity contribution in [3.63, 3.8) is 0 Å². The Kier molecular flexibility index (Phi) is 13.3. The van der Waals surface area contributed by atoms with Crippen LogP contribution in [0.1, 0.15) is 42.2 Å². The number of nitrogens with zero attached hydrogens (tertiary/aromatic N) is 4. The Balaban J connectivity index is 1.00. The Hall–Kier alpha value is -6.50. The maximum atomic E-state index is 14.1. The Morgan fingerprint density at radius 3 is 2.09 bits per heavy atom. The number of methoxy groups -OCH3 is 2. The van der Waals surface area contributed by atoms with Crippen molar-refractivity contribution in [3.8, 4) is 11.5 Å². The molecule has 10 rings (SSSR count). The molecular weight excluding hydrogens is 922 g/mol. The van der Waals surface area contributed by atoms with Gasteiger partial charge in [-0.2, -0.15) is 0 Å². The van der Waals surface area contributed by atoms with Gasteiger partial charge in [-0.25, -0.2) is 37.2 Å². The van der Waals surface area contributed by atoms with Crippen molar-refractivity contribution >= 4 is 47.1 Å². The first kappa shape index (κ1) is 46.2. The molecule has 3 fully saturated rings. The highest BCUT2D eigenvalue weighted by Crippen LogP contribution is 2.58. The summed E-state index contributed by atoms with van der Waals surface area (Å²) in [5.41, 5.74) is 1.63. The van der Waals surface area contributed by atoms with E-state index in [-0.39, 0.29) is 46.7 Å². The lowest BCUT2D eigenvalue weighted by Crippen LogP contribution is -2.38. The van der Waals surface area contributed by atoms with E-state index in [2.05, 4.69) is 30.3 Å². The summed E-state index contributed by atoms with van der Waals surface area (Å²) in [7, 11) is -2.25. The van der Waals surface area contributed by atoms with E-state index in [1.54, 1.807) is 68.8 Å². The number of benzene rings is 5. The summed E-state index contributed by atoms with van der Waals surface area (Å²) in [6.45, 7) is 0.611. The number of nitrogens with one attached hydrogen (secondary N) is 3. The normalized spacial score (nSPS) is 21.5. The molecule has 0 bridgehead atoms. The van der Waals surface area contributed by atoms with E-state index in [0.717, 1.165) is 29.5 Å². The van der Waals surface area contributed by atoms with Crippen molar-refractivity contribution in [1.82, 2.24) is 24.2 Å². The number of anilines is 2. The van der Waals surface area contributed by atoms with Crippen molar-refractivity contribution in [1.29, 1.82) is 0 Å². The predicted molar refractivity (Wildman–Crippen MR) is 259 cm³/mol. The lowest BCUT2D eigenvalue weighted by atomic mass is 9.80. The largest absolute Gasteiger partial charge is 0.497 e. The zero-order valence-corrected chi connectivity index (χ0v) is 39.4. The highest BCUT2D eigenvalue weighted by atomic mass is 32.2. The van der Waals surface area contributed by atoms with Crippen LogP contribution in [0.3, 0.4) is 0 Å². The first-order valence-corrected chi connectivity index (χ1v) is 25.3. The molecule has 3 N–H and O–H groups in total. The van der Waals surface area contributed by atoms with Gasteiger partial charge in [0.25, 0.3) is 8.53 Å². The minimum Gasteiger partial charge on any atom is -0.497 e. The number of H-pyrrole nitrogens is 1. The molecule has 6 atom stereocenters. The van der Waals surface area contributed by atoms with Gasteiger partial charge in [0.05, 0.1) is 43.7 Å². The van der Waals surface area contributed by atoms with Gasteiger partial charge < -0.3 is 38.3 Å². The zero-order valence-electron chi connectivity index (χ0n) is 37.7. The highest BCUT2D eigenvalue weighted by molar-refractivity contribution is 7.91. The fraction of sp³-hybridized carbons (Fsp3) is 0.280. The van der Waals surface area contributed by atoms with Gasteiger partial charge in [-0.3, -0.25) is 5.32 Å². The number of para-hydroxylation sites is 1. The van der Waals surface area contributed by atoms with E-state index in [0.29, 0.717) is 23.7 Å². The van der Waals surface area contributed by atoms with Gasteiger partial charge in [-0.05, 0) is 78.1 Å². The zero-order chi connectivity index (χ0) is 47.5. The first-order valence-electron chi connectivity index (χ1n) is 22.5. The third kappa shape index (κ3) is 9.36. The minimum atomic E-state index is -3.69. The quantitative estimate of drug-likeness (QED) is 0.0622. The number of carbonyl (C=O) groups is 1. The van der Waals surface area contributed by atoms with E-state index >= 15 is 0 Å². The highest BCUT2D eigenvalue weighted by Gasteiger charge is 2.51. The molecule has 356 valence electrons. The molecule has 17 nitrogen and oxygen atoms in total. The summed E-state index contributed by atoms with van der Waals surface area (Å²) in [5.74, 6) is 1.22. The van der Waals surface area contributed by atoms with Crippen LogP contribution in [0.15, 0.2) is 156 Å². The van der Waals surface area contributed by atoms with Crippen LogP contribution in [0, 0.1) is 0 Å². The Morgan fingerprint density at radius 2 is 1.43 bits per heavy atom. The topological polar surface area (TPSA) is 197 Å². The summed E-state index contributed by atoms with van der Waals surface area (Å²) in [6, 6.07) is 41.8. The minimum absolute atomic E-state index is 0.0505. The van der Waals surface area contributed by atoms with Gasteiger partial charge in [0.15, 0.2) is 21.3 Å². The summed E-state index contributed by atoms with van der Waals surface area (Å²) in [5, 5.41) is 5.50. The smallest absolute Gasteiger partial charge is 0.329 e. The van der Waals surface area contributed by atoms with Crippen LogP contribution in [-0.4, -0.2) is 96.1 Å². The molecule has 2 aromatic heterocycles. The van der Waals surface area contributed by atoms with Gasteiger partial charge in [0, 0.05) is 24.7 Å². The fourth-order valence-electron chi connectivity index (χ4n) is 9.38. The number of rotatable bonds is 16. The molecule has 3 saturated heterocycles. The summed E-state index contributed by atoms with van der Waals surface area (Å²) < 4.78 is 70.0. The molecule has 3 aliphatic heterocycles. The number of aromatic amines is 1. The third-order valence-electron chi connectivity index (χ3n) is 12.7. The number of aromatic nitrogens is 4. The van der Waals surface area contributed by atoms with Crippen LogP contribution < -0.4 is 25.8 Å². The second-order valence-electron chi connectivity index (χ2n) is 16.8. The standard InChI is InChI=1S/C50H50N7O10PS/c1-62-37-24-20-34(21-25-37)50(33-13-6-3-7-14-33,35-22-26-38(63-2)27-23-35)64-30-42-41(66-68-56-28-12-19-40(56)43(67-68)31-69(60,61)39-17-10-5-11-18-39)29-44(65-42)57-47-45(54-49(57)59)46(51-32-52-47)55-48(58)53-36-15-8-4-9-16-36/h3-11,13-18,20-27,32,40-44H,12,19,28-31H2,1-2H3,(H,54,59)(H2,51,52,53,55,58)/t40-,41-,42+,43+,44+,68+/m0/s1. The van der Waals surface area contributed by atoms with Crippen molar-refractivity contribution in [2.75, 3.05) is 43.8 Å². The Labute approximate surface area is 399 Å². The van der Waals surface area contributed by atoms with E-state index in [9.17, 15) is 18.0 Å². The van der Waals surface area contributed by atoms with Crippen molar-refractivity contribution < 1.29 is 41.2 Å². The second-order valence-corrected chi connectivity index (χ2v) is 20.3. The van der Waals surface area contributed by atoms with Gasteiger partial charge in [-0.1, -0.05) is 91.0 Å². The number of urea groups is 1. The van der Waals surface area contributed by atoms with E-state index in [1.165, 1.54) is 10.9 Å². The fourth-order valence-corrected chi connectivity index (χ4v) is 13.0. The maximum absolute atomic E-state index is 14.1. The lowest BCUT2D eigenvalue weighted by molar-refractivity contribution is -0.0911. The molecular formula is C50H50N7O10PS. The number of imidazole rings is 1. The van der Waals surface area contributed by atoms with Crippen LogP contribution in [0.2, 0.25) is 0 Å². The third-order valence-corrected chi connectivity index (χ3v) is 16.3. The molecule has 2 amide bonds. The number of carbonyl (C=O) groups excluding carboxylic acids is 1. The molecule has 7 aromatic rings. The molecule has 0 saturated carbocycles. The Bertz CT molecular complexity index is 3010. The molecule has 5 heterocycles. The van der Waals surface area contributed by atoms with Crippen molar-refractivity contribution in [3.05, 3.63) is 173 Å². The average Bonchev–Trinajstić information content (AvgIpc) is 4.17. The predicted octanol–water partition coefficient (Wildman–Crippen LogP) is 8.03. The van der Waals surface area contributed by atoms with E-state index < -0.39 is 60.2 Å². The molecule has 0 aliphatic carbocycles. The van der Waals surface area contributed by atoms with Gasteiger partial charge in [0.2, 0.25) is 0 Å². The van der Waals surface area contributed by atoms with Crippen molar-refractivity contribution in [2.45, 2.75) is 60.3 Å². The molecule has 69 heavy (non-hydrogen) atoms. The lowest BCUT2D eigenvalue weighted by Gasteiger charge is -2.37. The summed E-state index contributed by atoms with van der Waals surface area (Å²) >= 11 is 0. The SMILES string of the molecule is COc1ccc(C(OC[C@H]2O[C@@H](n3c(=O)[nH]c4c(NC(=O)Nc5ccccc5)ncnc43)C[C@@H]2O[P@]2O[C@H](CS(=O)(=O)c3ccccc3)[C@@H]3CCCN32)(c2ccccc2)c2ccc(OC)cc2)cc1. The number of fused-ring (bicyclic) bond motifs is 2. The monoisotopic (exact) mass is 971 g/mol. The van der Waals surface area contributed by atoms with Crippen LogP contribution in [0.25, 0.3) is 11.2 Å². The molecule has 5 aromatic carbocycles. The molecule has 3 aliphatic rings. The average molecular weight is 972 g/mol. The van der Waals surface area contributed by atoms with Crippen LogP contribution in [0.4, 0.5) is 16.3 Å². The maximum Gasteiger partial charge on any atom is 0.329 e. The number of amides is 2. The van der Waals surface area contributed by atoms with Crippen LogP contribution in [-0.2, 0) is 34.0 Å². The molecule has 0 unspecified atom stereocenters. The van der Waals surface area contributed by atoms with Gasteiger partial charge in [-0.15, -0.1) is 0 Å². The number of hydrogen-bond donors (Lipinski definition) is 3. The molecule has 19 heteroatoms. The van der Waals surface area contributed by atoms with Crippen LogP contribution >= 0.6 is 8.53 Å². The molecule has 0 radical (unpaired) electrons. The van der Waals surface area contributed by atoms with Gasteiger partial charge in [0.1, 0.15) is 41.3 Å². The van der Waals surface area contributed by atoms with Crippen LogP contribution in [0.5, 0.6) is 11.5 Å². The first-order chi connectivity index (χ1) is 33.6. The number of sulfone groups is 1. The van der Waals surface area contributed by atoms with E-state index in [4.69, 9.17) is 28.0 Å². The van der Waals surface area contributed by atoms with Crippen molar-refractivity contribution in [2.24, 2.45) is 0 Å². The summed E-state index contributed by atoms with van der Waals surface area (Å²) in [6.07, 6.45) is -0.118. The molecule has 0 spiro atoms. The number of hydrogen-bond acceptors (Lipinski definition) is 13. The van der Waals surface area contributed by atoms with E-state index in [1.807, 2.05) is 84.9 Å².